The van der Waals surface area contributed by atoms with Gasteiger partial charge >= 0.3 is 0 Å². The summed E-state index contributed by atoms with van der Waals surface area (Å²) in [4.78, 5) is 4.29. The Labute approximate surface area is 92.3 Å². The lowest BCUT2D eigenvalue weighted by Crippen LogP contribution is -2.09. The molecule has 0 aliphatic carbocycles. The molecule has 1 rings (SSSR count). The van der Waals surface area contributed by atoms with Crippen LogP contribution in [0.3, 0.4) is 0 Å². The van der Waals surface area contributed by atoms with Crippen LogP contribution in [0, 0.1) is 5.41 Å². The van der Waals surface area contributed by atoms with Crippen molar-refractivity contribution in [3.05, 3.63) is 17.8 Å². The Bertz CT molecular complexity index is 286. The van der Waals surface area contributed by atoms with Gasteiger partial charge in [-0.25, -0.2) is 4.98 Å². The molecule has 0 saturated carbocycles. The van der Waals surface area contributed by atoms with E-state index in [0.717, 1.165) is 37.5 Å². The van der Waals surface area contributed by atoms with E-state index in [-0.39, 0.29) is 5.41 Å². The number of aryl methyl sites for hydroxylation is 1. The predicted molar refractivity (Wildman–Crippen MR) is 61.9 cm³/mol. The molecule has 0 fully saturated rings. The first kappa shape index (κ1) is 12.2. The van der Waals surface area contributed by atoms with Gasteiger partial charge in [0.15, 0.2) is 5.89 Å². The van der Waals surface area contributed by atoms with Gasteiger partial charge < -0.3 is 9.73 Å². The van der Waals surface area contributed by atoms with Crippen LogP contribution in [0.4, 0.5) is 0 Å². The van der Waals surface area contributed by atoms with Gasteiger partial charge in [-0.3, -0.25) is 0 Å². The Hall–Kier alpha value is -0.830. The monoisotopic (exact) mass is 210 g/mol. The molecule has 15 heavy (non-hydrogen) atoms. The number of nitrogens with one attached hydrogen (secondary N) is 1. The van der Waals surface area contributed by atoms with E-state index in [9.17, 15) is 0 Å². The molecule has 1 N–H and O–H groups in total. The number of hydrogen-bond acceptors (Lipinski definition) is 3. The number of aromatic nitrogens is 1. The van der Waals surface area contributed by atoms with Crippen LogP contribution in [-0.4, -0.2) is 18.6 Å². The van der Waals surface area contributed by atoms with Crippen molar-refractivity contribution in [1.82, 2.24) is 10.3 Å². The summed E-state index contributed by atoms with van der Waals surface area (Å²) in [6.07, 6.45) is 4.83. The highest BCUT2D eigenvalue weighted by atomic mass is 16.4. The summed E-state index contributed by atoms with van der Waals surface area (Å²) < 4.78 is 5.67. The van der Waals surface area contributed by atoms with Gasteiger partial charge in [0.2, 0.25) is 0 Å². The minimum Gasteiger partial charge on any atom is -0.446 e. The van der Waals surface area contributed by atoms with Crippen LogP contribution in [0.25, 0.3) is 0 Å². The summed E-state index contributed by atoms with van der Waals surface area (Å²) in [6.45, 7) is 7.60. The fourth-order valence-corrected chi connectivity index (χ4v) is 1.44. The van der Waals surface area contributed by atoms with Crippen molar-refractivity contribution in [3.63, 3.8) is 0 Å². The molecule has 0 aromatic carbocycles. The Morgan fingerprint density at radius 3 is 2.73 bits per heavy atom. The largest absolute Gasteiger partial charge is 0.446 e. The van der Waals surface area contributed by atoms with E-state index in [0.29, 0.717) is 0 Å². The highest BCUT2D eigenvalue weighted by Crippen LogP contribution is 2.20. The third-order valence-electron chi connectivity index (χ3n) is 2.13. The van der Waals surface area contributed by atoms with E-state index in [4.69, 9.17) is 4.42 Å². The first-order valence-corrected chi connectivity index (χ1v) is 5.59. The van der Waals surface area contributed by atoms with Crippen molar-refractivity contribution >= 4 is 0 Å². The van der Waals surface area contributed by atoms with Crippen molar-refractivity contribution in [2.45, 2.75) is 40.0 Å². The molecule has 1 aromatic heterocycles. The Kier molecular flexibility index (Phi) is 4.33. The Morgan fingerprint density at radius 2 is 2.13 bits per heavy atom. The van der Waals surface area contributed by atoms with Crippen LogP contribution in [0.2, 0.25) is 0 Å². The number of rotatable bonds is 5. The number of oxazole rings is 1. The van der Waals surface area contributed by atoms with Gasteiger partial charge in [0.1, 0.15) is 5.76 Å². The highest BCUT2D eigenvalue weighted by molar-refractivity contribution is 4.96. The van der Waals surface area contributed by atoms with E-state index in [2.05, 4.69) is 31.1 Å². The number of nitrogens with zero attached hydrogens (tertiary/aromatic N) is 1. The van der Waals surface area contributed by atoms with E-state index in [1.54, 1.807) is 0 Å². The van der Waals surface area contributed by atoms with Crippen molar-refractivity contribution in [3.8, 4) is 0 Å². The van der Waals surface area contributed by atoms with Crippen LogP contribution in [0.15, 0.2) is 10.6 Å². The second kappa shape index (κ2) is 5.31. The highest BCUT2D eigenvalue weighted by Gasteiger charge is 2.15. The van der Waals surface area contributed by atoms with Crippen LogP contribution >= 0.6 is 0 Å². The van der Waals surface area contributed by atoms with Crippen LogP contribution in [0.5, 0.6) is 0 Å². The maximum Gasteiger partial charge on any atom is 0.194 e. The fourth-order valence-electron chi connectivity index (χ4n) is 1.44. The van der Waals surface area contributed by atoms with Crippen molar-refractivity contribution in [2.75, 3.05) is 13.6 Å². The summed E-state index contributed by atoms with van der Waals surface area (Å²) in [5.41, 5.74) is 0.243. The molecule has 0 saturated heterocycles. The molecule has 0 radical (unpaired) electrons. The average Bonchev–Trinajstić information content (AvgIpc) is 2.50. The average molecular weight is 210 g/mol. The maximum atomic E-state index is 5.67. The zero-order valence-electron chi connectivity index (χ0n) is 10.3. The maximum absolute atomic E-state index is 5.67. The summed E-state index contributed by atoms with van der Waals surface area (Å²) in [5.74, 6) is 1.87. The minimum absolute atomic E-state index is 0.243. The van der Waals surface area contributed by atoms with Gasteiger partial charge in [-0.05, 0) is 25.4 Å². The molecule has 0 unspecified atom stereocenters. The van der Waals surface area contributed by atoms with Crippen LogP contribution in [0.1, 0.15) is 38.8 Å². The normalized spacial score (nSPS) is 12.0. The number of hydrogen-bond donors (Lipinski definition) is 1. The SMILES string of the molecule is CNCCCc1cnc(CC(C)(C)C)o1. The minimum atomic E-state index is 0.243. The Balaban J connectivity index is 2.42. The molecule has 0 amide bonds. The quantitative estimate of drug-likeness (QED) is 0.758. The van der Waals surface area contributed by atoms with Crippen molar-refractivity contribution in [2.24, 2.45) is 5.41 Å². The molecule has 0 aliphatic rings. The first-order chi connectivity index (χ1) is 7.01. The zero-order chi connectivity index (χ0) is 11.3. The summed E-state index contributed by atoms with van der Waals surface area (Å²) in [5, 5.41) is 3.12. The molecule has 3 nitrogen and oxygen atoms in total. The van der Waals surface area contributed by atoms with Gasteiger partial charge in [0, 0.05) is 12.8 Å². The first-order valence-electron chi connectivity index (χ1n) is 5.59. The predicted octanol–water partition coefficient (Wildman–Crippen LogP) is 2.42. The lowest BCUT2D eigenvalue weighted by Gasteiger charge is -2.14. The smallest absolute Gasteiger partial charge is 0.194 e. The summed E-state index contributed by atoms with van der Waals surface area (Å²) in [7, 11) is 1.96. The van der Waals surface area contributed by atoms with E-state index in [1.165, 1.54) is 0 Å². The van der Waals surface area contributed by atoms with Crippen LogP contribution in [-0.2, 0) is 12.8 Å². The zero-order valence-corrected chi connectivity index (χ0v) is 10.3. The molecule has 0 spiro atoms. The summed E-state index contributed by atoms with van der Waals surface area (Å²) in [6, 6.07) is 0. The van der Waals surface area contributed by atoms with Gasteiger partial charge in [0.25, 0.3) is 0 Å². The van der Waals surface area contributed by atoms with Crippen molar-refractivity contribution < 1.29 is 4.42 Å². The molecular formula is C12H22N2O. The summed E-state index contributed by atoms with van der Waals surface area (Å²) >= 11 is 0. The lowest BCUT2D eigenvalue weighted by molar-refractivity contribution is 0.344. The topological polar surface area (TPSA) is 38.1 Å². The third kappa shape index (κ3) is 4.98. The van der Waals surface area contributed by atoms with Gasteiger partial charge in [0.05, 0.1) is 6.20 Å². The van der Waals surface area contributed by atoms with Gasteiger partial charge in [-0.2, -0.15) is 0 Å². The Morgan fingerprint density at radius 1 is 1.40 bits per heavy atom. The molecule has 0 bridgehead atoms. The second-order valence-electron chi connectivity index (χ2n) is 5.16. The van der Waals surface area contributed by atoms with E-state index in [1.807, 2.05) is 13.2 Å². The molecule has 0 atom stereocenters. The molecule has 0 aliphatic heterocycles. The van der Waals surface area contributed by atoms with Crippen LogP contribution < -0.4 is 5.32 Å². The van der Waals surface area contributed by atoms with E-state index < -0.39 is 0 Å². The van der Waals surface area contributed by atoms with E-state index >= 15 is 0 Å². The lowest BCUT2D eigenvalue weighted by atomic mass is 9.92. The van der Waals surface area contributed by atoms with Gasteiger partial charge in [-0.15, -0.1) is 0 Å². The third-order valence-corrected chi connectivity index (χ3v) is 2.13. The molecule has 1 heterocycles. The fraction of sp³-hybridized carbons (Fsp3) is 0.750. The second-order valence-corrected chi connectivity index (χ2v) is 5.16. The van der Waals surface area contributed by atoms with Gasteiger partial charge in [-0.1, -0.05) is 20.8 Å². The standard InChI is InChI=1S/C12H22N2O/c1-12(2,3)8-11-14-9-10(15-11)6-5-7-13-4/h9,13H,5-8H2,1-4H3. The molecule has 3 heteroatoms. The molecule has 1 aromatic rings. The molecule has 86 valence electrons. The molecular weight excluding hydrogens is 188 g/mol. The van der Waals surface area contributed by atoms with Crippen molar-refractivity contribution in [1.29, 1.82) is 0 Å².